The number of piperazine rings is 1. The first kappa shape index (κ1) is 17.3. The lowest BCUT2D eigenvalue weighted by Crippen LogP contribution is -2.52. The Morgan fingerprint density at radius 2 is 2.04 bits per heavy atom. The zero-order chi connectivity index (χ0) is 16.9. The summed E-state index contributed by atoms with van der Waals surface area (Å²) >= 11 is 1.68. The first-order valence-electron chi connectivity index (χ1n) is 8.68. The minimum absolute atomic E-state index is 0.196. The average Bonchev–Trinajstić information content (AvgIpc) is 3.04. The zero-order valence-corrected chi connectivity index (χ0v) is 15.0. The van der Waals surface area contributed by atoms with Crippen LogP contribution in [0.5, 0.6) is 0 Å². The molecule has 6 heteroatoms. The maximum absolute atomic E-state index is 12.4. The van der Waals surface area contributed by atoms with Gasteiger partial charge in [-0.3, -0.25) is 9.69 Å². The molecule has 5 nitrogen and oxygen atoms in total. The number of aryl methyl sites for hydroxylation is 1. The Balaban J connectivity index is 1.49. The molecular formula is C18H25N3O2S. The van der Waals surface area contributed by atoms with Crippen LogP contribution in [0, 0.1) is 0 Å². The first-order chi connectivity index (χ1) is 11.7. The van der Waals surface area contributed by atoms with Crippen LogP contribution in [-0.2, 0) is 11.2 Å². The zero-order valence-electron chi connectivity index (χ0n) is 14.1. The highest BCUT2D eigenvalue weighted by Gasteiger charge is 2.24. The highest BCUT2D eigenvalue weighted by molar-refractivity contribution is 7.18. The summed E-state index contributed by atoms with van der Waals surface area (Å²) in [5, 5.41) is 10.4. The fraction of sp³-hybridized carbons (Fsp3) is 0.556. The summed E-state index contributed by atoms with van der Waals surface area (Å²) < 4.78 is 1.18. The molecule has 0 radical (unpaired) electrons. The van der Waals surface area contributed by atoms with E-state index in [2.05, 4.69) is 22.9 Å². The van der Waals surface area contributed by atoms with Gasteiger partial charge in [0.15, 0.2) is 0 Å². The largest absolute Gasteiger partial charge is 0.395 e. The van der Waals surface area contributed by atoms with E-state index >= 15 is 0 Å². The lowest BCUT2D eigenvalue weighted by atomic mass is 10.1. The van der Waals surface area contributed by atoms with Gasteiger partial charge in [0.25, 0.3) is 0 Å². The van der Waals surface area contributed by atoms with Crippen molar-refractivity contribution in [2.45, 2.75) is 32.2 Å². The molecule has 1 aliphatic rings. The molecule has 130 valence electrons. The Morgan fingerprint density at radius 3 is 2.71 bits per heavy atom. The molecule has 1 aromatic heterocycles. The topological polar surface area (TPSA) is 56.7 Å². The molecule has 24 heavy (non-hydrogen) atoms. The molecule has 1 aromatic carbocycles. The second kappa shape index (κ2) is 8.05. The number of aliphatic hydroxyl groups excluding tert-OH is 1. The number of thiazole rings is 1. The van der Waals surface area contributed by atoms with Gasteiger partial charge in [-0.1, -0.05) is 19.1 Å². The van der Waals surface area contributed by atoms with Crippen molar-refractivity contribution in [2.24, 2.45) is 0 Å². The lowest BCUT2D eigenvalue weighted by molar-refractivity contribution is -0.133. The molecule has 0 bridgehead atoms. The Kier molecular flexibility index (Phi) is 5.81. The summed E-state index contributed by atoms with van der Waals surface area (Å²) in [6, 6.07) is 8.33. The number of hydrogen-bond acceptors (Lipinski definition) is 5. The Bertz CT molecular complexity index is 643. The molecule has 1 N–H and O–H groups in total. The van der Waals surface area contributed by atoms with E-state index in [4.69, 9.17) is 0 Å². The number of fused-ring (bicyclic) bond motifs is 1. The van der Waals surface area contributed by atoms with Gasteiger partial charge in [-0.15, -0.1) is 11.3 Å². The fourth-order valence-corrected chi connectivity index (χ4v) is 4.20. The van der Waals surface area contributed by atoms with Gasteiger partial charge in [-0.25, -0.2) is 4.98 Å². The highest BCUT2D eigenvalue weighted by Crippen LogP contribution is 2.22. The van der Waals surface area contributed by atoms with Crippen molar-refractivity contribution in [3.05, 3.63) is 29.3 Å². The van der Waals surface area contributed by atoms with Gasteiger partial charge in [0, 0.05) is 45.1 Å². The third kappa shape index (κ3) is 3.94. The number of amides is 1. The predicted molar refractivity (Wildman–Crippen MR) is 97.3 cm³/mol. The predicted octanol–water partition coefficient (Wildman–Crippen LogP) is 2.14. The number of rotatable bonds is 6. The average molecular weight is 347 g/mol. The third-order valence-electron chi connectivity index (χ3n) is 4.76. The Labute approximate surface area is 146 Å². The summed E-state index contributed by atoms with van der Waals surface area (Å²) in [6.45, 7) is 5.51. The molecule has 1 unspecified atom stereocenters. The summed E-state index contributed by atoms with van der Waals surface area (Å²) in [7, 11) is 0. The molecule has 1 amide bonds. The van der Waals surface area contributed by atoms with Crippen LogP contribution in [0.25, 0.3) is 10.2 Å². The summed E-state index contributed by atoms with van der Waals surface area (Å²) in [5.74, 6) is 0.214. The van der Waals surface area contributed by atoms with Crippen molar-refractivity contribution in [3.63, 3.8) is 0 Å². The molecule has 1 saturated heterocycles. The minimum Gasteiger partial charge on any atom is -0.395 e. The van der Waals surface area contributed by atoms with Crippen LogP contribution >= 0.6 is 11.3 Å². The van der Waals surface area contributed by atoms with Crippen LogP contribution in [0.15, 0.2) is 24.3 Å². The van der Waals surface area contributed by atoms with Crippen LogP contribution < -0.4 is 0 Å². The third-order valence-corrected chi connectivity index (χ3v) is 5.85. The number of hydrogen-bond donors (Lipinski definition) is 1. The van der Waals surface area contributed by atoms with E-state index in [0.717, 1.165) is 43.1 Å². The first-order valence-corrected chi connectivity index (χ1v) is 9.50. The van der Waals surface area contributed by atoms with Crippen molar-refractivity contribution in [3.8, 4) is 0 Å². The molecule has 1 aliphatic heterocycles. The Morgan fingerprint density at radius 1 is 1.29 bits per heavy atom. The maximum atomic E-state index is 12.4. The monoisotopic (exact) mass is 347 g/mol. The number of para-hydroxylation sites is 1. The van der Waals surface area contributed by atoms with Crippen molar-refractivity contribution in [1.29, 1.82) is 0 Å². The Hall–Kier alpha value is -1.50. The van der Waals surface area contributed by atoms with Crippen molar-refractivity contribution < 1.29 is 9.90 Å². The van der Waals surface area contributed by atoms with E-state index in [1.54, 1.807) is 11.3 Å². The molecule has 1 atom stereocenters. The van der Waals surface area contributed by atoms with E-state index < -0.39 is 0 Å². The highest BCUT2D eigenvalue weighted by atomic mass is 32.1. The quantitative estimate of drug-likeness (QED) is 0.870. The number of carbonyl (C=O) groups is 1. The summed E-state index contributed by atoms with van der Waals surface area (Å²) in [5.41, 5.74) is 1.02. The standard InChI is InChI=1S/C18H25N3O2S/c1-2-14(13-22)20-9-11-21(12-10-20)18(23)8-7-17-19-15-5-3-4-6-16(15)24-17/h3-6,14,22H,2,7-13H2,1H3. The SMILES string of the molecule is CCC(CO)N1CCN(C(=O)CCc2nc3ccccc3s2)CC1. The summed E-state index contributed by atoms with van der Waals surface area (Å²) in [4.78, 5) is 21.3. The van der Waals surface area contributed by atoms with Gasteiger partial charge in [-0.05, 0) is 18.6 Å². The van der Waals surface area contributed by atoms with Crippen molar-refractivity contribution in [1.82, 2.24) is 14.8 Å². The number of nitrogens with zero attached hydrogens (tertiary/aromatic N) is 3. The molecule has 0 aliphatic carbocycles. The number of aliphatic hydroxyl groups is 1. The van der Waals surface area contributed by atoms with Crippen LogP contribution in [0.3, 0.4) is 0 Å². The van der Waals surface area contributed by atoms with Crippen molar-refractivity contribution >= 4 is 27.5 Å². The van der Waals surface area contributed by atoms with E-state index in [1.165, 1.54) is 4.70 Å². The van der Waals surface area contributed by atoms with Gasteiger partial charge in [0.1, 0.15) is 0 Å². The van der Waals surface area contributed by atoms with Gasteiger partial charge >= 0.3 is 0 Å². The van der Waals surface area contributed by atoms with Crippen LogP contribution in [0.1, 0.15) is 24.8 Å². The molecule has 0 spiro atoms. The normalized spacial score (nSPS) is 17.3. The molecule has 2 aromatic rings. The van der Waals surface area contributed by atoms with E-state index in [1.807, 2.05) is 23.1 Å². The van der Waals surface area contributed by atoms with Gasteiger partial charge in [0.2, 0.25) is 5.91 Å². The number of aromatic nitrogens is 1. The summed E-state index contributed by atoms with van der Waals surface area (Å²) in [6.07, 6.45) is 2.19. The molecule has 2 heterocycles. The van der Waals surface area contributed by atoms with Gasteiger partial charge < -0.3 is 10.0 Å². The maximum Gasteiger partial charge on any atom is 0.223 e. The van der Waals surface area contributed by atoms with Crippen LogP contribution in [-0.4, -0.2) is 64.6 Å². The molecule has 1 fully saturated rings. The fourth-order valence-electron chi connectivity index (χ4n) is 3.24. The van der Waals surface area contributed by atoms with Crippen LogP contribution in [0.2, 0.25) is 0 Å². The van der Waals surface area contributed by atoms with Crippen molar-refractivity contribution in [2.75, 3.05) is 32.8 Å². The van der Waals surface area contributed by atoms with Crippen LogP contribution in [0.4, 0.5) is 0 Å². The minimum atomic E-state index is 0.196. The van der Waals surface area contributed by atoms with E-state index in [-0.39, 0.29) is 18.6 Å². The number of benzene rings is 1. The second-order valence-corrected chi connectivity index (χ2v) is 7.35. The lowest BCUT2D eigenvalue weighted by Gasteiger charge is -2.38. The molecule has 0 saturated carbocycles. The molecular weight excluding hydrogens is 322 g/mol. The number of carbonyl (C=O) groups excluding carboxylic acids is 1. The second-order valence-electron chi connectivity index (χ2n) is 6.24. The van der Waals surface area contributed by atoms with E-state index in [9.17, 15) is 9.90 Å². The van der Waals surface area contributed by atoms with E-state index in [0.29, 0.717) is 12.8 Å². The molecule has 3 rings (SSSR count). The smallest absolute Gasteiger partial charge is 0.223 e. The van der Waals surface area contributed by atoms with Gasteiger partial charge in [0.05, 0.1) is 21.8 Å². The van der Waals surface area contributed by atoms with Gasteiger partial charge in [-0.2, -0.15) is 0 Å².